The quantitative estimate of drug-likeness (QED) is 0.644. The molecular formula is C18H18ClF3N4O3. The molecule has 0 aromatic heterocycles. The van der Waals surface area contributed by atoms with Gasteiger partial charge in [0.15, 0.2) is 0 Å². The number of alkyl halides is 3. The Morgan fingerprint density at radius 3 is 2.59 bits per heavy atom. The minimum Gasteiger partial charge on any atom is -0.335 e. The maximum absolute atomic E-state index is 13.1. The molecule has 5 amide bonds. The summed E-state index contributed by atoms with van der Waals surface area (Å²) in [6.45, 7) is 1.62. The van der Waals surface area contributed by atoms with E-state index in [1.165, 1.54) is 11.0 Å². The molecule has 7 nitrogen and oxygen atoms in total. The van der Waals surface area contributed by atoms with Gasteiger partial charge in [-0.3, -0.25) is 10.1 Å². The normalized spacial score (nSPS) is 26.2. The molecule has 1 aromatic carbocycles. The van der Waals surface area contributed by atoms with Gasteiger partial charge in [-0.25, -0.2) is 9.59 Å². The van der Waals surface area contributed by atoms with Gasteiger partial charge in [-0.2, -0.15) is 13.2 Å². The second kappa shape index (κ2) is 6.51. The van der Waals surface area contributed by atoms with E-state index in [1.807, 2.05) is 0 Å². The van der Waals surface area contributed by atoms with Crippen molar-refractivity contribution in [2.75, 3.05) is 6.54 Å². The van der Waals surface area contributed by atoms with Crippen molar-refractivity contribution in [3.63, 3.8) is 0 Å². The van der Waals surface area contributed by atoms with Gasteiger partial charge in [-0.1, -0.05) is 11.6 Å². The minimum atomic E-state index is -4.59. The summed E-state index contributed by atoms with van der Waals surface area (Å²) in [5, 5.41) is 7.05. The Morgan fingerprint density at radius 1 is 1.34 bits per heavy atom. The molecule has 0 radical (unpaired) electrons. The highest BCUT2D eigenvalue weighted by atomic mass is 35.5. The molecule has 2 heterocycles. The Balaban J connectivity index is 1.50. The zero-order valence-corrected chi connectivity index (χ0v) is 16.1. The molecule has 2 aliphatic heterocycles. The molecule has 29 heavy (non-hydrogen) atoms. The van der Waals surface area contributed by atoms with Crippen LogP contribution < -0.4 is 16.0 Å². The molecule has 2 atom stereocenters. The number of amides is 5. The van der Waals surface area contributed by atoms with Crippen LogP contribution in [0.5, 0.6) is 0 Å². The van der Waals surface area contributed by atoms with E-state index in [0.29, 0.717) is 11.1 Å². The van der Waals surface area contributed by atoms with E-state index < -0.39 is 46.3 Å². The Kier molecular flexibility index (Phi) is 4.45. The maximum Gasteiger partial charge on any atom is 0.417 e. The van der Waals surface area contributed by atoms with E-state index in [9.17, 15) is 27.6 Å². The SMILES string of the molecule is C[C@@H]1c2cc(C(F)(F)F)c(Cl)cc2CN1C(=O)NC[C@@]1(C2CC2)NC(=O)NC1=O. The molecule has 3 aliphatic rings. The molecular weight excluding hydrogens is 413 g/mol. The second-order valence-corrected chi connectivity index (χ2v) is 8.05. The molecule has 1 saturated heterocycles. The van der Waals surface area contributed by atoms with Crippen LogP contribution in [0, 0.1) is 5.92 Å². The number of rotatable bonds is 3. The Bertz CT molecular complexity index is 918. The predicted octanol–water partition coefficient (Wildman–Crippen LogP) is 2.93. The molecule has 2 fully saturated rings. The predicted molar refractivity (Wildman–Crippen MR) is 95.9 cm³/mol. The number of benzene rings is 1. The van der Waals surface area contributed by atoms with E-state index in [0.717, 1.165) is 18.9 Å². The number of nitrogens with one attached hydrogen (secondary N) is 3. The van der Waals surface area contributed by atoms with Gasteiger partial charge in [0.05, 0.1) is 23.2 Å². The number of nitrogens with zero attached hydrogens (tertiary/aromatic N) is 1. The molecule has 1 aliphatic carbocycles. The van der Waals surface area contributed by atoms with Crippen LogP contribution >= 0.6 is 11.6 Å². The third-order valence-corrected chi connectivity index (χ3v) is 6.13. The highest BCUT2D eigenvalue weighted by Crippen LogP contribution is 2.43. The number of imide groups is 1. The molecule has 0 unspecified atom stereocenters. The number of hydrogen-bond donors (Lipinski definition) is 3. The highest BCUT2D eigenvalue weighted by Gasteiger charge is 2.56. The molecule has 11 heteroatoms. The van der Waals surface area contributed by atoms with Crippen LogP contribution in [0.1, 0.15) is 42.5 Å². The number of fused-ring (bicyclic) bond motifs is 1. The first-order valence-electron chi connectivity index (χ1n) is 9.10. The van der Waals surface area contributed by atoms with Crippen molar-refractivity contribution in [1.82, 2.24) is 20.9 Å². The summed E-state index contributed by atoms with van der Waals surface area (Å²) in [6, 6.07) is 0.471. The molecule has 1 saturated carbocycles. The van der Waals surface area contributed by atoms with Crippen molar-refractivity contribution >= 4 is 29.6 Å². The van der Waals surface area contributed by atoms with E-state index in [4.69, 9.17) is 11.6 Å². The number of hydrogen-bond acceptors (Lipinski definition) is 3. The van der Waals surface area contributed by atoms with E-state index in [1.54, 1.807) is 6.92 Å². The number of urea groups is 2. The molecule has 3 N–H and O–H groups in total. The average molecular weight is 431 g/mol. The molecule has 156 valence electrons. The molecule has 1 aromatic rings. The first kappa shape index (κ1) is 19.8. The van der Waals surface area contributed by atoms with Crippen molar-refractivity contribution in [1.29, 1.82) is 0 Å². The zero-order chi connectivity index (χ0) is 21.1. The van der Waals surface area contributed by atoms with E-state index in [2.05, 4.69) is 16.0 Å². The van der Waals surface area contributed by atoms with Gasteiger partial charge in [-0.05, 0) is 48.9 Å². The van der Waals surface area contributed by atoms with Crippen LogP contribution in [0.2, 0.25) is 5.02 Å². The topological polar surface area (TPSA) is 90.5 Å². The summed E-state index contributed by atoms with van der Waals surface area (Å²) in [5.74, 6) is -0.541. The third kappa shape index (κ3) is 3.29. The van der Waals surface area contributed by atoms with Crippen LogP contribution in [0.15, 0.2) is 12.1 Å². The Morgan fingerprint density at radius 2 is 2.03 bits per heavy atom. The van der Waals surface area contributed by atoms with Crippen molar-refractivity contribution < 1.29 is 27.6 Å². The van der Waals surface area contributed by atoms with Crippen LogP contribution in [-0.4, -0.2) is 35.0 Å². The van der Waals surface area contributed by atoms with Gasteiger partial charge in [0.2, 0.25) is 0 Å². The fraction of sp³-hybridized carbons (Fsp3) is 0.500. The van der Waals surface area contributed by atoms with E-state index in [-0.39, 0.29) is 19.0 Å². The second-order valence-electron chi connectivity index (χ2n) is 7.65. The summed E-state index contributed by atoms with van der Waals surface area (Å²) >= 11 is 5.78. The first-order chi connectivity index (χ1) is 13.5. The van der Waals surface area contributed by atoms with Crippen molar-refractivity contribution in [2.24, 2.45) is 5.92 Å². The number of carbonyl (C=O) groups excluding carboxylic acids is 3. The summed E-state index contributed by atoms with van der Waals surface area (Å²) in [7, 11) is 0. The standard InChI is InChI=1S/C18H18ClF3N4O3/c1-8-11-5-12(18(20,21)22)13(19)4-9(11)6-26(8)16(29)23-7-17(10-2-3-10)14(27)24-15(28)25-17/h4-5,8,10H,2-3,6-7H2,1H3,(H,23,29)(H2,24,25,27,28)/t8-,17+/m1/s1. The third-order valence-electron chi connectivity index (χ3n) is 5.81. The molecule has 0 spiro atoms. The van der Waals surface area contributed by atoms with Crippen molar-refractivity contribution in [2.45, 2.75) is 44.1 Å². The maximum atomic E-state index is 13.1. The number of halogens is 4. The fourth-order valence-corrected chi connectivity index (χ4v) is 4.36. The van der Waals surface area contributed by atoms with Gasteiger partial charge < -0.3 is 15.5 Å². The van der Waals surface area contributed by atoms with Gasteiger partial charge in [0, 0.05) is 6.54 Å². The largest absolute Gasteiger partial charge is 0.417 e. The van der Waals surface area contributed by atoms with Crippen molar-refractivity contribution in [3.8, 4) is 0 Å². The molecule has 0 bridgehead atoms. The monoisotopic (exact) mass is 430 g/mol. The number of carbonyl (C=O) groups is 3. The van der Waals surface area contributed by atoms with Crippen LogP contribution in [-0.2, 0) is 17.5 Å². The fourth-order valence-electron chi connectivity index (χ4n) is 4.06. The highest BCUT2D eigenvalue weighted by molar-refractivity contribution is 6.31. The molecule has 4 rings (SSSR count). The van der Waals surface area contributed by atoms with Crippen molar-refractivity contribution in [3.05, 3.63) is 33.8 Å². The van der Waals surface area contributed by atoms with E-state index >= 15 is 0 Å². The lowest BCUT2D eigenvalue weighted by Gasteiger charge is -2.29. The summed E-state index contributed by atoms with van der Waals surface area (Å²) in [5.41, 5.74) is -1.21. The Hall–Kier alpha value is -2.49. The van der Waals surface area contributed by atoms with Gasteiger partial charge >= 0.3 is 18.2 Å². The van der Waals surface area contributed by atoms with Gasteiger partial charge in [-0.15, -0.1) is 0 Å². The Labute approximate surface area is 168 Å². The van der Waals surface area contributed by atoms with Crippen LogP contribution in [0.3, 0.4) is 0 Å². The first-order valence-corrected chi connectivity index (χ1v) is 9.48. The lowest BCUT2D eigenvalue weighted by Crippen LogP contribution is -2.58. The van der Waals surface area contributed by atoms with Gasteiger partial charge in [0.1, 0.15) is 5.54 Å². The summed E-state index contributed by atoms with van der Waals surface area (Å²) in [6.07, 6.45) is -3.08. The zero-order valence-electron chi connectivity index (χ0n) is 15.3. The van der Waals surface area contributed by atoms with Gasteiger partial charge in [0.25, 0.3) is 5.91 Å². The smallest absolute Gasteiger partial charge is 0.335 e. The lowest BCUT2D eigenvalue weighted by atomic mass is 9.93. The summed E-state index contributed by atoms with van der Waals surface area (Å²) < 4.78 is 39.4. The van der Waals surface area contributed by atoms with Crippen LogP contribution in [0.4, 0.5) is 22.8 Å². The minimum absolute atomic E-state index is 0.0596. The summed E-state index contributed by atoms with van der Waals surface area (Å²) in [4.78, 5) is 37.9. The van der Waals surface area contributed by atoms with Crippen LogP contribution in [0.25, 0.3) is 0 Å². The average Bonchev–Trinajstić information content (AvgIpc) is 3.36. The lowest BCUT2D eigenvalue weighted by molar-refractivity contribution is -0.137.